The maximum atomic E-state index is 12.8. The summed E-state index contributed by atoms with van der Waals surface area (Å²) in [6.07, 6.45) is 4.70. The second kappa shape index (κ2) is 8.44. The topological polar surface area (TPSA) is 103 Å². The third-order valence-electron chi connectivity index (χ3n) is 6.62. The molecular weight excluding hydrogens is 374 g/mol. The van der Waals surface area contributed by atoms with Gasteiger partial charge in [0.15, 0.2) is 0 Å². The molecule has 4 rings (SSSR count). The Kier molecular flexibility index (Phi) is 5.92. The summed E-state index contributed by atoms with van der Waals surface area (Å²) in [7, 11) is 0. The first kappa shape index (κ1) is 20.3. The molecule has 0 atom stereocenters. The molecular formula is C21H31N3O5. The van der Waals surface area contributed by atoms with Crippen molar-refractivity contribution >= 4 is 11.9 Å². The number of nitrogens with zero attached hydrogens (tertiary/aromatic N) is 2. The number of aromatic nitrogens is 2. The van der Waals surface area contributed by atoms with E-state index in [1.54, 1.807) is 0 Å². The lowest BCUT2D eigenvalue weighted by Gasteiger charge is -2.36. The van der Waals surface area contributed by atoms with E-state index in [4.69, 9.17) is 14.6 Å². The molecule has 1 amide bonds. The number of aliphatic hydroxyl groups is 1. The van der Waals surface area contributed by atoms with Gasteiger partial charge in [-0.05, 0) is 43.9 Å². The number of aryl methyl sites for hydroxylation is 2. The molecule has 0 bridgehead atoms. The largest absolute Gasteiger partial charge is 0.465 e. The molecule has 1 aromatic rings. The van der Waals surface area contributed by atoms with Gasteiger partial charge in [0.1, 0.15) is 0 Å². The van der Waals surface area contributed by atoms with Crippen molar-refractivity contribution in [2.75, 3.05) is 26.4 Å². The van der Waals surface area contributed by atoms with E-state index in [2.05, 4.69) is 5.32 Å². The van der Waals surface area contributed by atoms with E-state index in [0.717, 1.165) is 49.4 Å². The van der Waals surface area contributed by atoms with Crippen molar-refractivity contribution in [1.29, 1.82) is 0 Å². The van der Waals surface area contributed by atoms with Crippen LogP contribution in [-0.2, 0) is 33.7 Å². The highest BCUT2D eigenvalue weighted by atomic mass is 16.5. The quantitative estimate of drug-likeness (QED) is 0.545. The number of ether oxygens (including phenoxy) is 2. The fourth-order valence-corrected chi connectivity index (χ4v) is 4.64. The van der Waals surface area contributed by atoms with Crippen molar-refractivity contribution in [1.82, 2.24) is 15.1 Å². The summed E-state index contributed by atoms with van der Waals surface area (Å²) in [5.41, 5.74) is 2.60. The Morgan fingerprint density at radius 2 is 2.14 bits per heavy atom. The summed E-state index contributed by atoms with van der Waals surface area (Å²) in [4.78, 5) is 24.7. The molecule has 1 aromatic heterocycles. The average Bonchev–Trinajstić information content (AvgIpc) is 2.97. The highest BCUT2D eigenvalue weighted by molar-refractivity contribution is 5.97. The molecule has 0 aromatic carbocycles. The number of carbonyl (C=O) groups excluding carboxylic acids is 2. The lowest BCUT2D eigenvalue weighted by Crippen LogP contribution is -2.40. The Morgan fingerprint density at radius 3 is 2.83 bits per heavy atom. The second-order valence-electron chi connectivity index (χ2n) is 8.66. The molecule has 2 N–H and O–H groups in total. The number of hydrogen-bond donors (Lipinski definition) is 2. The lowest BCUT2D eigenvalue weighted by atomic mass is 9.76. The number of amides is 1. The normalized spacial score (nSPS) is 25.7. The zero-order chi connectivity index (χ0) is 20.4. The van der Waals surface area contributed by atoms with Crippen LogP contribution in [0.1, 0.15) is 60.8 Å². The van der Waals surface area contributed by atoms with Crippen LogP contribution in [0.15, 0.2) is 0 Å². The predicted molar refractivity (Wildman–Crippen MR) is 104 cm³/mol. The first-order valence-corrected chi connectivity index (χ1v) is 10.8. The molecule has 3 aliphatic rings. The summed E-state index contributed by atoms with van der Waals surface area (Å²) in [6.45, 7) is 5.09. The van der Waals surface area contributed by atoms with Crippen LogP contribution in [0.2, 0.25) is 0 Å². The van der Waals surface area contributed by atoms with E-state index in [9.17, 15) is 14.7 Å². The number of hydrogen-bond acceptors (Lipinski definition) is 6. The van der Waals surface area contributed by atoms with Crippen molar-refractivity contribution in [3.8, 4) is 0 Å². The fraction of sp³-hybridized carbons (Fsp3) is 0.762. The van der Waals surface area contributed by atoms with Gasteiger partial charge in [0.25, 0.3) is 5.91 Å². The number of fused-ring (bicyclic) bond motifs is 1. The number of rotatable bonds is 6. The molecule has 3 heterocycles. The van der Waals surface area contributed by atoms with Crippen LogP contribution in [0.5, 0.6) is 0 Å². The number of nitrogens with one attached hydrogen (secondary N) is 1. The molecule has 29 heavy (non-hydrogen) atoms. The van der Waals surface area contributed by atoms with E-state index in [1.807, 2.05) is 11.6 Å². The maximum Gasteiger partial charge on any atom is 0.309 e. The Hall–Kier alpha value is -1.93. The third kappa shape index (κ3) is 4.19. The van der Waals surface area contributed by atoms with Crippen LogP contribution in [0.25, 0.3) is 0 Å². The summed E-state index contributed by atoms with van der Waals surface area (Å²) in [5.74, 6) is -0.402. The zero-order valence-electron chi connectivity index (χ0n) is 17.1. The van der Waals surface area contributed by atoms with Crippen molar-refractivity contribution < 1.29 is 24.2 Å². The Morgan fingerprint density at radius 1 is 1.38 bits per heavy atom. The zero-order valence-corrected chi connectivity index (χ0v) is 17.1. The van der Waals surface area contributed by atoms with Crippen molar-refractivity contribution in [2.45, 2.75) is 64.5 Å². The van der Waals surface area contributed by atoms with Crippen LogP contribution >= 0.6 is 0 Å². The maximum absolute atomic E-state index is 12.8. The van der Waals surface area contributed by atoms with Crippen molar-refractivity contribution in [3.05, 3.63) is 17.0 Å². The van der Waals surface area contributed by atoms with Crippen LogP contribution in [0.4, 0.5) is 0 Å². The van der Waals surface area contributed by atoms with Crippen molar-refractivity contribution in [2.24, 2.45) is 11.3 Å². The lowest BCUT2D eigenvalue weighted by molar-refractivity contribution is -0.155. The van der Waals surface area contributed by atoms with Gasteiger partial charge in [-0.3, -0.25) is 14.3 Å². The van der Waals surface area contributed by atoms with Gasteiger partial charge in [-0.2, -0.15) is 5.10 Å². The SMILES string of the molecule is CCc1nn(CCCOC(=O)C2CC(O)C2)c2c1C(=O)NCC1(CCOCC1)C2. The minimum Gasteiger partial charge on any atom is -0.465 e. The molecule has 160 valence electrons. The monoisotopic (exact) mass is 405 g/mol. The molecule has 0 unspecified atom stereocenters. The molecule has 0 radical (unpaired) electrons. The standard InChI is InChI=1S/C21H31N3O5/c1-2-16-18-17(12-21(13-22-19(18)26)4-8-28-9-5-21)24(23-16)6-3-7-29-20(27)14-10-15(25)11-14/h14-15,25H,2-13H2,1H3,(H,22,26). The Labute approximate surface area is 170 Å². The highest BCUT2D eigenvalue weighted by Gasteiger charge is 2.39. The van der Waals surface area contributed by atoms with Crippen LogP contribution in [0, 0.1) is 11.3 Å². The van der Waals surface area contributed by atoms with Gasteiger partial charge < -0.3 is 19.9 Å². The first-order valence-electron chi connectivity index (χ1n) is 10.8. The Bertz CT molecular complexity index is 763. The summed E-state index contributed by atoms with van der Waals surface area (Å²) >= 11 is 0. The van der Waals surface area contributed by atoms with Crippen LogP contribution in [-0.4, -0.2) is 59.2 Å². The van der Waals surface area contributed by atoms with Gasteiger partial charge in [0.2, 0.25) is 0 Å². The van der Waals surface area contributed by atoms with Gasteiger partial charge in [-0.25, -0.2) is 0 Å². The Balaban J connectivity index is 1.43. The first-order chi connectivity index (χ1) is 14.0. The van der Waals surface area contributed by atoms with Gasteiger partial charge in [0, 0.05) is 32.7 Å². The van der Waals surface area contributed by atoms with Gasteiger partial charge in [0.05, 0.1) is 35.6 Å². The van der Waals surface area contributed by atoms with E-state index in [1.165, 1.54) is 0 Å². The van der Waals surface area contributed by atoms with E-state index >= 15 is 0 Å². The summed E-state index contributed by atoms with van der Waals surface area (Å²) in [5, 5.41) is 17.2. The highest BCUT2D eigenvalue weighted by Crippen LogP contribution is 2.37. The van der Waals surface area contributed by atoms with Gasteiger partial charge in [-0.15, -0.1) is 0 Å². The number of aliphatic hydroxyl groups excluding tert-OH is 1. The smallest absolute Gasteiger partial charge is 0.309 e. The molecule has 1 spiro atoms. The molecule has 2 aliphatic heterocycles. The summed E-state index contributed by atoms with van der Waals surface area (Å²) < 4.78 is 12.9. The van der Waals surface area contributed by atoms with Crippen LogP contribution < -0.4 is 5.32 Å². The number of carbonyl (C=O) groups is 2. The predicted octanol–water partition coefficient (Wildman–Crippen LogP) is 1.23. The molecule has 1 aliphatic carbocycles. The minimum absolute atomic E-state index is 0.0264. The fourth-order valence-electron chi connectivity index (χ4n) is 4.64. The van der Waals surface area contributed by atoms with Crippen molar-refractivity contribution in [3.63, 3.8) is 0 Å². The van der Waals surface area contributed by atoms with Crippen LogP contribution in [0.3, 0.4) is 0 Å². The molecule has 2 fully saturated rings. The molecule has 8 nitrogen and oxygen atoms in total. The average molecular weight is 405 g/mol. The van der Waals surface area contributed by atoms with E-state index < -0.39 is 0 Å². The van der Waals surface area contributed by atoms with Gasteiger partial charge >= 0.3 is 5.97 Å². The second-order valence-corrected chi connectivity index (χ2v) is 8.66. The molecule has 8 heteroatoms. The molecule has 1 saturated heterocycles. The third-order valence-corrected chi connectivity index (χ3v) is 6.62. The minimum atomic E-state index is -0.358. The number of esters is 1. The summed E-state index contributed by atoms with van der Waals surface area (Å²) in [6, 6.07) is 0. The van der Waals surface area contributed by atoms with E-state index in [0.29, 0.717) is 45.4 Å². The molecule has 1 saturated carbocycles. The van der Waals surface area contributed by atoms with E-state index in [-0.39, 0.29) is 29.3 Å². The van der Waals surface area contributed by atoms with Gasteiger partial charge in [-0.1, -0.05) is 6.92 Å².